The van der Waals surface area contributed by atoms with Crippen molar-refractivity contribution in [3.05, 3.63) is 175 Å². The highest BCUT2D eigenvalue weighted by Crippen LogP contribution is 2.95. The molecule has 246 valence electrons. The number of hydrogen-bond acceptors (Lipinski definition) is 0. The summed E-state index contributed by atoms with van der Waals surface area (Å²) in [5.74, 6) is 3.67. The van der Waals surface area contributed by atoms with Crippen LogP contribution in [0.4, 0.5) is 0 Å². The van der Waals surface area contributed by atoms with E-state index in [4.69, 9.17) is 0 Å². The van der Waals surface area contributed by atoms with Crippen LogP contribution in [0, 0.1) is 29.1 Å². The van der Waals surface area contributed by atoms with Crippen molar-refractivity contribution in [3.8, 4) is 50.2 Å². The molecule has 4 saturated carbocycles. The highest BCUT2D eigenvalue weighted by molar-refractivity contribution is 6.17. The van der Waals surface area contributed by atoms with Gasteiger partial charge in [-0.05, 0) is 123 Å². The molecule has 1 heterocycles. The third-order valence-electron chi connectivity index (χ3n) is 14.9. The van der Waals surface area contributed by atoms with Gasteiger partial charge in [-0.15, -0.1) is 0 Å². The number of hydrogen-bond donors (Lipinski definition) is 0. The number of rotatable bonds is 4. The zero-order valence-corrected chi connectivity index (χ0v) is 29.0. The molecule has 1 nitrogen and oxygen atoms in total. The van der Waals surface area contributed by atoms with E-state index < -0.39 is 0 Å². The van der Waals surface area contributed by atoms with Gasteiger partial charge in [-0.2, -0.15) is 0 Å². The minimum absolute atomic E-state index is 0.211. The fourth-order valence-corrected chi connectivity index (χ4v) is 13.1. The molecule has 5 aliphatic rings. The van der Waals surface area contributed by atoms with Crippen molar-refractivity contribution in [3.63, 3.8) is 0 Å². The molecule has 4 atom stereocenters. The Labute approximate surface area is 304 Å². The van der Waals surface area contributed by atoms with Gasteiger partial charge in [0, 0.05) is 21.8 Å². The van der Waals surface area contributed by atoms with Crippen molar-refractivity contribution in [2.75, 3.05) is 0 Å². The van der Waals surface area contributed by atoms with Crippen LogP contribution in [-0.4, -0.2) is 4.57 Å². The SMILES string of the molecule is c1ccc(-c2ccc(-n3c4ccccc4c4c(-c5cccc6c5-c5ccccc5C65C6CC7CC8CC5C786)cccc43)c(-c3ccccc3)c2)cc1. The van der Waals surface area contributed by atoms with Crippen molar-refractivity contribution in [1.82, 2.24) is 4.57 Å². The maximum Gasteiger partial charge on any atom is 0.0547 e. The molecule has 4 unspecified atom stereocenters. The molecule has 0 radical (unpaired) electrons. The van der Waals surface area contributed by atoms with E-state index in [-0.39, 0.29) is 5.41 Å². The maximum absolute atomic E-state index is 2.53. The van der Waals surface area contributed by atoms with Gasteiger partial charge in [0.05, 0.1) is 16.7 Å². The van der Waals surface area contributed by atoms with Crippen LogP contribution in [0.5, 0.6) is 0 Å². The standard InChI is InChI=1S/C51H37N/c1-3-13-31(14-4-1)33-25-26-44(40(27-33)32-15-5-2-6-16-32)52-43-23-10-8-18-39(43)49-37(20-12-24-45(49)52)36-19-11-22-42-48(36)38-17-7-9-21-41(38)51(42)46-29-34-28-35-30-47(51)50(34,35)46/h1-27,34-35,46-47H,28-30H2. The Morgan fingerprint density at radius 3 is 1.88 bits per heavy atom. The first-order valence-electron chi connectivity index (χ1n) is 19.3. The highest BCUT2D eigenvalue weighted by atomic mass is 15.0. The van der Waals surface area contributed by atoms with Crippen molar-refractivity contribution in [2.24, 2.45) is 29.1 Å². The van der Waals surface area contributed by atoms with E-state index >= 15 is 0 Å². The normalized spacial score (nSPS) is 26.8. The fraction of sp³-hybridized carbons (Fsp3) is 0.176. The first-order valence-corrected chi connectivity index (χ1v) is 19.3. The highest BCUT2D eigenvalue weighted by Gasteiger charge is 2.90. The molecular weight excluding hydrogens is 627 g/mol. The Hall–Kier alpha value is -5.66. The van der Waals surface area contributed by atoms with E-state index in [0.29, 0.717) is 5.41 Å². The molecule has 0 saturated heterocycles. The summed E-state index contributed by atoms with van der Waals surface area (Å²) in [7, 11) is 0. The van der Waals surface area contributed by atoms with Gasteiger partial charge in [-0.3, -0.25) is 0 Å². The number of aromatic nitrogens is 1. The molecule has 52 heavy (non-hydrogen) atoms. The molecule has 1 heteroatoms. The van der Waals surface area contributed by atoms with Crippen LogP contribution < -0.4 is 0 Å². The summed E-state index contributed by atoms with van der Waals surface area (Å²) >= 11 is 0. The molecule has 1 aromatic heterocycles. The number of benzene rings is 7. The lowest BCUT2D eigenvalue weighted by Crippen LogP contribution is -2.88. The van der Waals surface area contributed by atoms with Crippen molar-refractivity contribution in [1.29, 1.82) is 0 Å². The fourth-order valence-electron chi connectivity index (χ4n) is 13.1. The Morgan fingerprint density at radius 1 is 0.442 bits per heavy atom. The van der Waals surface area contributed by atoms with Gasteiger partial charge >= 0.3 is 0 Å². The van der Waals surface area contributed by atoms with Crippen LogP contribution >= 0.6 is 0 Å². The second-order valence-electron chi connectivity index (χ2n) is 16.4. The third-order valence-corrected chi connectivity index (χ3v) is 14.9. The summed E-state index contributed by atoms with van der Waals surface area (Å²) in [5, 5.41) is 2.64. The largest absolute Gasteiger partial charge is 0.309 e. The van der Waals surface area contributed by atoms with Crippen LogP contribution in [0.1, 0.15) is 30.4 Å². The first kappa shape index (κ1) is 28.0. The molecular formula is C51H37N. The lowest BCUT2D eigenvalue weighted by Gasteiger charge is -2.92. The molecule has 0 N–H and O–H groups in total. The van der Waals surface area contributed by atoms with E-state index in [9.17, 15) is 0 Å². The van der Waals surface area contributed by atoms with Crippen LogP contribution in [-0.2, 0) is 5.41 Å². The van der Waals surface area contributed by atoms with E-state index in [1.54, 1.807) is 11.1 Å². The van der Waals surface area contributed by atoms with Crippen LogP contribution in [0.2, 0.25) is 0 Å². The first-order chi connectivity index (χ1) is 25.8. The van der Waals surface area contributed by atoms with Crippen LogP contribution in [0.25, 0.3) is 72.0 Å². The molecule has 2 spiro atoms. The van der Waals surface area contributed by atoms with E-state index in [0.717, 1.165) is 23.7 Å². The Morgan fingerprint density at radius 2 is 1.08 bits per heavy atom. The predicted molar refractivity (Wildman–Crippen MR) is 214 cm³/mol. The molecule has 0 aliphatic heterocycles. The molecule has 0 amide bonds. The minimum Gasteiger partial charge on any atom is -0.309 e. The molecule has 0 bridgehead atoms. The van der Waals surface area contributed by atoms with E-state index in [1.807, 2.05) is 0 Å². The second-order valence-corrected chi connectivity index (χ2v) is 16.4. The molecule has 7 aromatic carbocycles. The monoisotopic (exact) mass is 663 g/mol. The van der Waals surface area contributed by atoms with Gasteiger partial charge in [-0.25, -0.2) is 0 Å². The summed E-state index contributed by atoms with van der Waals surface area (Å²) in [6, 6.07) is 61.6. The molecule has 5 aliphatic carbocycles. The smallest absolute Gasteiger partial charge is 0.0547 e. The maximum atomic E-state index is 2.53. The summed E-state index contributed by atoms with van der Waals surface area (Å²) in [4.78, 5) is 0. The van der Waals surface area contributed by atoms with Crippen molar-refractivity contribution in [2.45, 2.75) is 24.7 Å². The predicted octanol–water partition coefficient (Wildman–Crippen LogP) is 12.7. The lowest BCUT2D eigenvalue weighted by atomic mass is 9.11. The summed E-state index contributed by atoms with van der Waals surface area (Å²) in [5.41, 5.74) is 18.5. The summed E-state index contributed by atoms with van der Waals surface area (Å²) in [6.07, 6.45) is 4.37. The average molecular weight is 664 g/mol. The Bertz CT molecular complexity index is 2780. The second kappa shape index (κ2) is 9.60. The topological polar surface area (TPSA) is 4.93 Å². The van der Waals surface area contributed by atoms with Gasteiger partial charge in [0.1, 0.15) is 0 Å². The van der Waals surface area contributed by atoms with Crippen LogP contribution in [0.15, 0.2) is 164 Å². The van der Waals surface area contributed by atoms with Crippen molar-refractivity contribution < 1.29 is 0 Å². The molecule has 13 rings (SSSR count). The Balaban J connectivity index is 1.07. The zero-order chi connectivity index (χ0) is 33.8. The lowest BCUT2D eigenvalue weighted by molar-refractivity contribution is -0.412. The quantitative estimate of drug-likeness (QED) is 0.177. The minimum atomic E-state index is 0.211. The van der Waals surface area contributed by atoms with Gasteiger partial charge in [-0.1, -0.05) is 140 Å². The van der Waals surface area contributed by atoms with E-state index in [2.05, 4.69) is 168 Å². The van der Waals surface area contributed by atoms with E-state index in [1.165, 1.54) is 91.3 Å². The number of nitrogens with zero attached hydrogens (tertiary/aromatic N) is 1. The zero-order valence-electron chi connectivity index (χ0n) is 29.0. The van der Waals surface area contributed by atoms with Gasteiger partial charge < -0.3 is 4.57 Å². The van der Waals surface area contributed by atoms with Gasteiger partial charge in [0.2, 0.25) is 0 Å². The number of para-hydroxylation sites is 1. The summed E-state index contributed by atoms with van der Waals surface area (Å²) in [6.45, 7) is 0. The molecule has 4 fully saturated rings. The van der Waals surface area contributed by atoms with Crippen LogP contribution in [0.3, 0.4) is 0 Å². The third kappa shape index (κ3) is 3.05. The summed E-state index contributed by atoms with van der Waals surface area (Å²) < 4.78 is 2.53. The van der Waals surface area contributed by atoms with Gasteiger partial charge in [0.25, 0.3) is 0 Å². The average Bonchev–Trinajstić information content (AvgIpc) is 3.68. The number of fused-ring (bicyclic) bond motifs is 10. The van der Waals surface area contributed by atoms with Gasteiger partial charge in [0.15, 0.2) is 0 Å². The Kier molecular flexibility index (Phi) is 5.17. The molecule has 8 aromatic rings. The van der Waals surface area contributed by atoms with Crippen molar-refractivity contribution >= 4 is 21.8 Å².